The molecule has 4 rings (SSSR count). The molecule has 4 aromatic rings. The minimum atomic E-state index is -1.00. The number of ether oxygens (including phenoxy) is 1. The molecule has 26 heavy (non-hydrogen) atoms. The van der Waals surface area contributed by atoms with Gasteiger partial charge in [0.1, 0.15) is 18.4 Å². The number of hydrogen-bond donors (Lipinski definition) is 0. The van der Waals surface area contributed by atoms with Crippen molar-refractivity contribution in [2.45, 2.75) is 0 Å². The lowest BCUT2D eigenvalue weighted by Gasteiger charge is -2.13. The Morgan fingerprint density at radius 3 is 2.46 bits per heavy atom. The van der Waals surface area contributed by atoms with Gasteiger partial charge in [0, 0.05) is 18.1 Å². The van der Waals surface area contributed by atoms with E-state index in [2.05, 4.69) is 15.1 Å². The van der Waals surface area contributed by atoms with Crippen molar-refractivity contribution >= 4 is 0 Å². The lowest BCUT2D eigenvalue weighted by Crippen LogP contribution is -2.02. The molecule has 0 fully saturated rings. The Morgan fingerprint density at radius 2 is 1.77 bits per heavy atom. The highest BCUT2D eigenvalue weighted by Crippen LogP contribution is 2.34. The molecule has 8 heteroatoms. The van der Waals surface area contributed by atoms with Gasteiger partial charge in [-0.3, -0.25) is 4.57 Å². The van der Waals surface area contributed by atoms with Crippen LogP contribution in [-0.2, 0) is 0 Å². The van der Waals surface area contributed by atoms with Crippen LogP contribution in [0.15, 0.2) is 61.4 Å². The van der Waals surface area contributed by atoms with E-state index < -0.39 is 11.6 Å². The lowest BCUT2D eigenvalue weighted by atomic mass is 10.1. The molecule has 130 valence electrons. The van der Waals surface area contributed by atoms with Crippen molar-refractivity contribution in [3.63, 3.8) is 0 Å². The molecule has 0 unspecified atom stereocenters. The standard InChI is InChI=1S/C18H13F2N5O/c1-26-15-7-6-14(19)17(20)16(15)18-22-8-9-24(18)12-2-4-13(5-3-12)25-11-21-10-23-25/h2-11H,1H3. The molecule has 0 spiro atoms. The van der Waals surface area contributed by atoms with Crippen LogP contribution in [0.3, 0.4) is 0 Å². The van der Waals surface area contributed by atoms with E-state index in [1.54, 1.807) is 21.8 Å². The first-order valence-electron chi connectivity index (χ1n) is 7.70. The molecule has 0 radical (unpaired) electrons. The molecule has 0 saturated carbocycles. The van der Waals surface area contributed by atoms with Crippen molar-refractivity contribution in [3.05, 3.63) is 73.1 Å². The van der Waals surface area contributed by atoms with Gasteiger partial charge in [0.05, 0.1) is 18.4 Å². The first-order valence-corrected chi connectivity index (χ1v) is 7.70. The molecular formula is C18H13F2N5O. The normalized spacial score (nSPS) is 10.9. The molecule has 0 aliphatic heterocycles. The van der Waals surface area contributed by atoms with Gasteiger partial charge in [0.15, 0.2) is 17.5 Å². The maximum Gasteiger partial charge on any atom is 0.173 e. The first-order chi connectivity index (χ1) is 12.7. The van der Waals surface area contributed by atoms with Crippen LogP contribution in [0.1, 0.15) is 0 Å². The van der Waals surface area contributed by atoms with E-state index in [9.17, 15) is 8.78 Å². The summed E-state index contributed by atoms with van der Waals surface area (Å²) in [5.74, 6) is -1.52. The van der Waals surface area contributed by atoms with Crippen molar-refractivity contribution < 1.29 is 13.5 Å². The summed E-state index contributed by atoms with van der Waals surface area (Å²) in [6.07, 6.45) is 6.22. The van der Waals surface area contributed by atoms with Gasteiger partial charge >= 0.3 is 0 Å². The summed E-state index contributed by atoms with van der Waals surface area (Å²) in [6, 6.07) is 9.73. The summed E-state index contributed by atoms with van der Waals surface area (Å²) in [7, 11) is 1.40. The Kier molecular flexibility index (Phi) is 3.92. The molecule has 2 aromatic carbocycles. The van der Waals surface area contributed by atoms with E-state index in [4.69, 9.17) is 4.74 Å². The minimum Gasteiger partial charge on any atom is -0.496 e. The second-order valence-electron chi connectivity index (χ2n) is 5.42. The van der Waals surface area contributed by atoms with E-state index in [1.807, 2.05) is 24.3 Å². The third-order valence-corrected chi connectivity index (χ3v) is 3.95. The predicted molar refractivity (Wildman–Crippen MR) is 90.4 cm³/mol. The third-order valence-electron chi connectivity index (χ3n) is 3.95. The fraction of sp³-hybridized carbons (Fsp3) is 0.0556. The highest BCUT2D eigenvalue weighted by molar-refractivity contribution is 5.67. The maximum absolute atomic E-state index is 14.4. The van der Waals surface area contributed by atoms with Crippen LogP contribution in [0.5, 0.6) is 5.75 Å². The minimum absolute atomic E-state index is 0.0298. The van der Waals surface area contributed by atoms with Gasteiger partial charge in [-0.25, -0.2) is 23.4 Å². The number of halogens is 2. The van der Waals surface area contributed by atoms with Crippen molar-refractivity contribution in [1.29, 1.82) is 0 Å². The second kappa shape index (κ2) is 6.40. The third kappa shape index (κ3) is 2.61. The average Bonchev–Trinajstić information content (AvgIpc) is 3.36. The van der Waals surface area contributed by atoms with E-state index in [0.29, 0.717) is 0 Å². The van der Waals surface area contributed by atoms with Gasteiger partial charge < -0.3 is 4.74 Å². The van der Waals surface area contributed by atoms with Gasteiger partial charge in [-0.15, -0.1) is 0 Å². The van der Waals surface area contributed by atoms with Gasteiger partial charge in [0.2, 0.25) is 0 Å². The van der Waals surface area contributed by atoms with Crippen molar-refractivity contribution in [2.24, 2.45) is 0 Å². The summed E-state index contributed by atoms with van der Waals surface area (Å²) in [6.45, 7) is 0. The molecule has 6 nitrogen and oxygen atoms in total. The summed E-state index contributed by atoms with van der Waals surface area (Å²) in [4.78, 5) is 8.10. The van der Waals surface area contributed by atoms with Crippen LogP contribution in [-0.4, -0.2) is 31.4 Å². The molecule has 0 amide bonds. The Hall–Kier alpha value is -3.55. The Bertz CT molecular complexity index is 1040. The monoisotopic (exact) mass is 353 g/mol. The van der Waals surface area contributed by atoms with Gasteiger partial charge in [-0.05, 0) is 36.4 Å². The van der Waals surface area contributed by atoms with Gasteiger partial charge in [0.25, 0.3) is 0 Å². The number of imidazole rings is 1. The Balaban J connectivity index is 1.80. The molecule has 0 bridgehead atoms. The fourth-order valence-electron chi connectivity index (χ4n) is 2.72. The highest BCUT2D eigenvalue weighted by atomic mass is 19.2. The molecule has 0 atom stereocenters. The van der Waals surface area contributed by atoms with Crippen LogP contribution in [0.25, 0.3) is 22.8 Å². The molecule has 2 heterocycles. The van der Waals surface area contributed by atoms with Crippen molar-refractivity contribution in [2.75, 3.05) is 7.11 Å². The number of benzene rings is 2. The van der Waals surface area contributed by atoms with Crippen LogP contribution in [0, 0.1) is 11.6 Å². The van der Waals surface area contributed by atoms with E-state index in [1.165, 1.54) is 25.7 Å². The van der Waals surface area contributed by atoms with E-state index >= 15 is 0 Å². The Labute approximate surface area is 147 Å². The summed E-state index contributed by atoms with van der Waals surface area (Å²) in [5, 5.41) is 4.07. The molecular weight excluding hydrogens is 340 g/mol. The van der Waals surface area contributed by atoms with Crippen LogP contribution in [0.4, 0.5) is 8.78 Å². The largest absolute Gasteiger partial charge is 0.496 e. The van der Waals surface area contributed by atoms with Crippen molar-refractivity contribution in [3.8, 4) is 28.5 Å². The van der Waals surface area contributed by atoms with Crippen molar-refractivity contribution in [1.82, 2.24) is 24.3 Å². The number of methoxy groups -OCH3 is 1. The van der Waals surface area contributed by atoms with E-state index in [-0.39, 0.29) is 17.1 Å². The lowest BCUT2D eigenvalue weighted by molar-refractivity contribution is 0.408. The van der Waals surface area contributed by atoms with Gasteiger partial charge in [-0.1, -0.05) is 0 Å². The molecule has 0 aliphatic carbocycles. The van der Waals surface area contributed by atoms with Crippen LogP contribution >= 0.6 is 0 Å². The fourth-order valence-corrected chi connectivity index (χ4v) is 2.72. The zero-order valence-electron chi connectivity index (χ0n) is 13.7. The number of nitrogens with zero attached hydrogens (tertiary/aromatic N) is 5. The van der Waals surface area contributed by atoms with Crippen LogP contribution in [0.2, 0.25) is 0 Å². The number of hydrogen-bond acceptors (Lipinski definition) is 4. The Morgan fingerprint density at radius 1 is 1.00 bits per heavy atom. The van der Waals surface area contributed by atoms with E-state index in [0.717, 1.165) is 17.4 Å². The molecule has 2 aromatic heterocycles. The predicted octanol–water partition coefficient (Wildman–Crippen LogP) is 3.41. The summed E-state index contributed by atoms with van der Waals surface area (Å²) < 4.78 is 36.6. The molecule has 0 N–H and O–H groups in total. The smallest absolute Gasteiger partial charge is 0.173 e. The average molecular weight is 353 g/mol. The first kappa shape index (κ1) is 15.9. The SMILES string of the molecule is COc1ccc(F)c(F)c1-c1nccn1-c1ccc(-n2cncn2)cc1. The number of rotatable bonds is 4. The van der Waals surface area contributed by atoms with Gasteiger partial charge in [-0.2, -0.15) is 5.10 Å². The highest BCUT2D eigenvalue weighted by Gasteiger charge is 2.20. The molecule has 0 aliphatic rings. The molecule has 0 saturated heterocycles. The van der Waals surface area contributed by atoms with Crippen LogP contribution < -0.4 is 4.74 Å². The summed E-state index contributed by atoms with van der Waals surface area (Å²) in [5.41, 5.74) is 1.52. The topological polar surface area (TPSA) is 57.8 Å². The second-order valence-corrected chi connectivity index (χ2v) is 5.42. The number of aromatic nitrogens is 5. The quantitative estimate of drug-likeness (QED) is 0.564. The zero-order chi connectivity index (χ0) is 18.1. The summed E-state index contributed by atoms with van der Waals surface area (Å²) >= 11 is 0. The zero-order valence-corrected chi connectivity index (χ0v) is 13.7. The maximum atomic E-state index is 14.4.